The van der Waals surface area contributed by atoms with Gasteiger partial charge in [0.1, 0.15) is 0 Å². The standard InChI is InChI=1S/C26H34N4O2S/c1-20-8-6-11-22(18-20)27-25(33)29-15-12-26(13-16-29)28-23(19-21-9-4-3-5-10-21)24(31)30(26)14-7-17-32-2/h3-6,8-11,18,23,28H,7,12-17,19H2,1-2H3,(H,27,33). The first-order valence-corrected chi connectivity index (χ1v) is 12.2. The predicted octanol–water partition coefficient (Wildman–Crippen LogP) is 3.56. The largest absolute Gasteiger partial charge is 0.385 e. The number of ether oxygens (including phenoxy) is 1. The maximum atomic E-state index is 13.4. The molecule has 2 fully saturated rings. The highest BCUT2D eigenvalue weighted by molar-refractivity contribution is 7.80. The number of aryl methyl sites for hydroxylation is 1. The third-order valence-corrected chi connectivity index (χ3v) is 7.04. The van der Waals surface area contributed by atoms with Gasteiger partial charge in [0.05, 0.1) is 11.7 Å². The molecule has 2 aromatic carbocycles. The zero-order valence-electron chi connectivity index (χ0n) is 19.5. The number of carbonyl (C=O) groups excluding carboxylic acids is 1. The van der Waals surface area contributed by atoms with Gasteiger partial charge in [-0.2, -0.15) is 0 Å². The third-order valence-electron chi connectivity index (χ3n) is 6.68. The number of hydrogen-bond donors (Lipinski definition) is 2. The van der Waals surface area contributed by atoms with Crippen molar-refractivity contribution in [2.45, 2.75) is 44.3 Å². The lowest BCUT2D eigenvalue weighted by Gasteiger charge is -2.45. The van der Waals surface area contributed by atoms with E-state index in [1.165, 1.54) is 11.1 Å². The predicted molar refractivity (Wildman–Crippen MR) is 136 cm³/mol. The molecular weight excluding hydrogens is 432 g/mol. The van der Waals surface area contributed by atoms with E-state index >= 15 is 0 Å². The molecule has 2 heterocycles. The van der Waals surface area contributed by atoms with E-state index in [-0.39, 0.29) is 17.6 Å². The minimum Gasteiger partial charge on any atom is -0.385 e. The van der Waals surface area contributed by atoms with Gasteiger partial charge in [0.2, 0.25) is 5.91 Å². The molecule has 2 aliphatic heterocycles. The Kier molecular flexibility index (Phi) is 7.63. The molecule has 4 rings (SSSR count). The topological polar surface area (TPSA) is 56.8 Å². The number of hydrogen-bond acceptors (Lipinski definition) is 4. The number of carbonyl (C=O) groups is 1. The van der Waals surface area contributed by atoms with Gasteiger partial charge in [0.15, 0.2) is 5.11 Å². The fourth-order valence-corrected chi connectivity index (χ4v) is 5.26. The molecular formula is C26H34N4O2S. The molecule has 7 heteroatoms. The van der Waals surface area contributed by atoms with E-state index in [0.717, 1.165) is 43.2 Å². The van der Waals surface area contributed by atoms with Crippen molar-refractivity contribution in [2.24, 2.45) is 0 Å². The van der Waals surface area contributed by atoms with Crippen LogP contribution in [0.15, 0.2) is 54.6 Å². The van der Waals surface area contributed by atoms with Crippen molar-refractivity contribution in [1.82, 2.24) is 15.1 Å². The van der Waals surface area contributed by atoms with Crippen LogP contribution in [-0.2, 0) is 16.0 Å². The number of nitrogens with zero attached hydrogens (tertiary/aromatic N) is 2. The smallest absolute Gasteiger partial charge is 0.241 e. The maximum absolute atomic E-state index is 13.4. The van der Waals surface area contributed by atoms with Crippen molar-refractivity contribution >= 4 is 28.9 Å². The number of benzene rings is 2. The van der Waals surface area contributed by atoms with Crippen molar-refractivity contribution in [2.75, 3.05) is 38.7 Å². The van der Waals surface area contributed by atoms with E-state index in [1.54, 1.807) is 7.11 Å². The zero-order chi connectivity index (χ0) is 23.3. The van der Waals surface area contributed by atoms with Gasteiger partial charge < -0.3 is 19.9 Å². The Balaban J connectivity index is 1.43. The van der Waals surface area contributed by atoms with Crippen LogP contribution < -0.4 is 10.6 Å². The number of anilines is 1. The van der Waals surface area contributed by atoms with E-state index in [9.17, 15) is 4.79 Å². The number of nitrogens with one attached hydrogen (secondary N) is 2. The maximum Gasteiger partial charge on any atom is 0.241 e. The zero-order valence-corrected chi connectivity index (χ0v) is 20.4. The summed E-state index contributed by atoms with van der Waals surface area (Å²) in [7, 11) is 1.71. The molecule has 33 heavy (non-hydrogen) atoms. The summed E-state index contributed by atoms with van der Waals surface area (Å²) in [5.41, 5.74) is 3.07. The fourth-order valence-electron chi connectivity index (χ4n) is 4.96. The molecule has 2 aromatic rings. The Morgan fingerprint density at radius 1 is 1.18 bits per heavy atom. The molecule has 0 aromatic heterocycles. The fraction of sp³-hybridized carbons (Fsp3) is 0.462. The van der Waals surface area contributed by atoms with Gasteiger partial charge in [-0.15, -0.1) is 0 Å². The summed E-state index contributed by atoms with van der Waals surface area (Å²) >= 11 is 5.71. The summed E-state index contributed by atoms with van der Waals surface area (Å²) in [5, 5.41) is 7.86. The van der Waals surface area contributed by atoms with Crippen LogP contribution in [0.3, 0.4) is 0 Å². The van der Waals surface area contributed by atoms with Crippen molar-refractivity contribution in [1.29, 1.82) is 0 Å². The third kappa shape index (κ3) is 5.54. The summed E-state index contributed by atoms with van der Waals surface area (Å²) in [6.45, 7) is 5.04. The first-order chi connectivity index (χ1) is 16.0. The van der Waals surface area contributed by atoms with Gasteiger partial charge >= 0.3 is 0 Å². The number of likely N-dealkylation sites (tertiary alicyclic amines) is 1. The van der Waals surface area contributed by atoms with Crippen LogP contribution in [0.1, 0.15) is 30.4 Å². The SMILES string of the molecule is COCCCN1C(=O)C(Cc2ccccc2)NC12CCN(C(=S)Nc1cccc(C)c1)CC2. The Hall–Kier alpha value is -2.48. The lowest BCUT2D eigenvalue weighted by Crippen LogP contribution is -2.60. The molecule has 1 amide bonds. The van der Waals surface area contributed by atoms with Crippen LogP contribution in [0, 0.1) is 6.92 Å². The van der Waals surface area contributed by atoms with Gasteiger partial charge in [-0.1, -0.05) is 42.5 Å². The Bertz CT molecular complexity index is 960. The van der Waals surface area contributed by atoms with Crippen LogP contribution in [0.25, 0.3) is 0 Å². The van der Waals surface area contributed by atoms with Gasteiger partial charge in [-0.05, 0) is 55.2 Å². The summed E-state index contributed by atoms with van der Waals surface area (Å²) in [6, 6.07) is 18.3. The first-order valence-electron chi connectivity index (χ1n) is 11.8. The number of amides is 1. The molecule has 1 spiro atoms. The van der Waals surface area contributed by atoms with Crippen molar-refractivity contribution in [3.8, 4) is 0 Å². The molecule has 2 saturated heterocycles. The van der Waals surface area contributed by atoms with Crippen LogP contribution in [0.5, 0.6) is 0 Å². The highest BCUT2D eigenvalue weighted by Gasteiger charge is 2.51. The van der Waals surface area contributed by atoms with Gasteiger partial charge in [-0.3, -0.25) is 10.1 Å². The van der Waals surface area contributed by atoms with E-state index < -0.39 is 0 Å². The molecule has 176 valence electrons. The van der Waals surface area contributed by atoms with E-state index in [0.29, 0.717) is 19.6 Å². The molecule has 6 nitrogen and oxygen atoms in total. The average Bonchev–Trinajstić information content (AvgIpc) is 3.05. The Morgan fingerprint density at radius 2 is 1.94 bits per heavy atom. The highest BCUT2D eigenvalue weighted by atomic mass is 32.1. The molecule has 2 aliphatic rings. The molecule has 0 radical (unpaired) electrons. The second-order valence-electron chi connectivity index (χ2n) is 9.04. The molecule has 1 unspecified atom stereocenters. The Morgan fingerprint density at radius 3 is 2.64 bits per heavy atom. The average molecular weight is 467 g/mol. The van der Waals surface area contributed by atoms with Crippen molar-refractivity contribution < 1.29 is 9.53 Å². The number of methoxy groups -OCH3 is 1. The van der Waals surface area contributed by atoms with E-state index in [1.807, 2.05) is 30.3 Å². The lowest BCUT2D eigenvalue weighted by atomic mass is 9.95. The molecule has 1 atom stereocenters. The molecule has 0 aliphatic carbocycles. The first kappa shape index (κ1) is 23.7. The summed E-state index contributed by atoms with van der Waals surface area (Å²) < 4.78 is 5.26. The molecule has 0 saturated carbocycles. The number of piperidine rings is 1. The number of thiocarbonyl (C=S) groups is 1. The second kappa shape index (κ2) is 10.6. The summed E-state index contributed by atoms with van der Waals surface area (Å²) in [5.74, 6) is 0.198. The van der Waals surface area contributed by atoms with Crippen LogP contribution in [-0.4, -0.2) is 65.9 Å². The van der Waals surface area contributed by atoms with Crippen LogP contribution >= 0.6 is 12.2 Å². The summed E-state index contributed by atoms with van der Waals surface area (Å²) in [4.78, 5) is 17.7. The molecule has 0 bridgehead atoms. The normalized spacial score (nSPS) is 19.8. The van der Waals surface area contributed by atoms with Gasteiger partial charge in [-0.25, -0.2) is 0 Å². The van der Waals surface area contributed by atoms with Gasteiger partial charge in [0, 0.05) is 51.9 Å². The summed E-state index contributed by atoms with van der Waals surface area (Å²) in [6.07, 6.45) is 3.22. The lowest BCUT2D eigenvalue weighted by molar-refractivity contribution is -0.133. The molecule has 2 N–H and O–H groups in total. The minimum atomic E-state index is -0.320. The van der Waals surface area contributed by atoms with E-state index in [4.69, 9.17) is 17.0 Å². The van der Waals surface area contributed by atoms with Crippen molar-refractivity contribution in [3.05, 3.63) is 65.7 Å². The van der Waals surface area contributed by atoms with Gasteiger partial charge in [0.25, 0.3) is 0 Å². The van der Waals surface area contributed by atoms with Crippen LogP contribution in [0.4, 0.5) is 5.69 Å². The van der Waals surface area contributed by atoms with Crippen LogP contribution in [0.2, 0.25) is 0 Å². The number of rotatable bonds is 7. The quantitative estimate of drug-likeness (QED) is 0.481. The Labute approximate surface area is 202 Å². The highest BCUT2D eigenvalue weighted by Crippen LogP contribution is 2.34. The second-order valence-corrected chi connectivity index (χ2v) is 9.43. The minimum absolute atomic E-state index is 0.195. The monoisotopic (exact) mass is 466 g/mol. The van der Waals surface area contributed by atoms with E-state index in [2.05, 4.69) is 51.6 Å². The van der Waals surface area contributed by atoms with Crippen molar-refractivity contribution in [3.63, 3.8) is 0 Å².